The molecule has 0 saturated carbocycles. The first-order valence-electron chi connectivity index (χ1n) is 5.90. The summed E-state index contributed by atoms with van der Waals surface area (Å²) < 4.78 is 7.83. The van der Waals surface area contributed by atoms with Crippen molar-refractivity contribution >= 4 is 53.4 Å². The average molecular weight is 414 g/mol. The average Bonchev–Trinajstić information content (AvgIpc) is 2.69. The van der Waals surface area contributed by atoms with Crippen molar-refractivity contribution in [1.82, 2.24) is 9.97 Å². The maximum Gasteiger partial charge on any atom is 0.231 e. The number of nitrogens with zero attached hydrogens (tertiary/aromatic N) is 2. The molecule has 0 radical (unpaired) electrons. The van der Waals surface area contributed by atoms with Gasteiger partial charge in [-0.1, -0.05) is 15.9 Å². The number of benzene rings is 1. The summed E-state index contributed by atoms with van der Waals surface area (Å²) in [7, 11) is 0. The van der Waals surface area contributed by atoms with Crippen molar-refractivity contribution in [3.05, 3.63) is 43.9 Å². The van der Waals surface area contributed by atoms with Crippen LogP contribution in [0.4, 0.5) is 0 Å². The van der Waals surface area contributed by atoms with Crippen LogP contribution in [0.5, 0.6) is 11.6 Å². The molecule has 0 atom stereocenters. The molecule has 3 rings (SSSR count). The van der Waals surface area contributed by atoms with Crippen LogP contribution in [0, 0.1) is 13.8 Å². The lowest BCUT2D eigenvalue weighted by Gasteiger charge is -2.08. The zero-order chi connectivity index (χ0) is 14.3. The number of halogens is 2. The number of fused-ring (bicyclic) bond motifs is 1. The van der Waals surface area contributed by atoms with Gasteiger partial charge in [-0.05, 0) is 53.5 Å². The number of ether oxygens (including phenoxy) is 1. The fourth-order valence-corrected chi connectivity index (χ4v) is 4.01. The van der Waals surface area contributed by atoms with Crippen LogP contribution in [0.3, 0.4) is 0 Å². The second-order valence-electron chi connectivity index (χ2n) is 4.32. The van der Waals surface area contributed by atoms with Crippen molar-refractivity contribution in [2.75, 3.05) is 0 Å². The molecule has 20 heavy (non-hydrogen) atoms. The molecule has 0 saturated heterocycles. The van der Waals surface area contributed by atoms with Crippen LogP contribution in [-0.4, -0.2) is 9.97 Å². The lowest BCUT2D eigenvalue weighted by molar-refractivity contribution is 0.465. The van der Waals surface area contributed by atoms with Crippen LogP contribution in [0.25, 0.3) is 10.2 Å². The van der Waals surface area contributed by atoms with E-state index in [1.807, 2.05) is 18.2 Å². The summed E-state index contributed by atoms with van der Waals surface area (Å²) >= 11 is 8.58. The van der Waals surface area contributed by atoms with E-state index >= 15 is 0 Å². The normalized spacial score (nSPS) is 11.0. The highest BCUT2D eigenvalue weighted by molar-refractivity contribution is 9.11. The van der Waals surface area contributed by atoms with Crippen molar-refractivity contribution in [2.24, 2.45) is 0 Å². The van der Waals surface area contributed by atoms with Crippen LogP contribution in [-0.2, 0) is 0 Å². The highest BCUT2D eigenvalue weighted by atomic mass is 79.9. The fraction of sp³-hybridized carbons (Fsp3) is 0.143. The summed E-state index contributed by atoms with van der Waals surface area (Å²) in [4.78, 5) is 10.8. The van der Waals surface area contributed by atoms with Gasteiger partial charge in [0.15, 0.2) is 0 Å². The molecule has 1 aromatic carbocycles. The van der Waals surface area contributed by atoms with Crippen molar-refractivity contribution in [2.45, 2.75) is 13.8 Å². The summed E-state index contributed by atoms with van der Waals surface area (Å²) in [6.45, 7) is 4.15. The third kappa shape index (κ3) is 2.47. The van der Waals surface area contributed by atoms with Gasteiger partial charge in [0.1, 0.15) is 16.9 Å². The Kier molecular flexibility index (Phi) is 3.79. The van der Waals surface area contributed by atoms with E-state index in [0.717, 1.165) is 24.9 Å². The molecular weight excluding hydrogens is 404 g/mol. The van der Waals surface area contributed by atoms with E-state index in [0.29, 0.717) is 5.88 Å². The summed E-state index contributed by atoms with van der Waals surface area (Å²) in [5.74, 6) is 1.33. The third-order valence-electron chi connectivity index (χ3n) is 3.03. The number of rotatable bonds is 2. The Bertz CT molecular complexity index is 801. The maximum absolute atomic E-state index is 5.96. The number of hydrogen-bond donors (Lipinski definition) is 0. The van der Waals surface area contributed by atoms with Gasteiger partial charge < -0.3 is 4.74 Å². The minimum atomic E-state index is 0.597. The number of hydrogen-bond acceptors (Lipinski definition) is 4. The monoisotopic (exact) mass is 412 g/mol. The third-order valence-corrected chi connectivity index (χ3v) is 5.26. The Morgan fingerprint density at radius 3 is 2.70 bits per heavy atom. The van der Waals surface area contributed by atoms with Crippen molar-refractivity contribution in [3.8, 4) is 11.6 Å². The summed E-state index contributed by atoms with van der Waals surface area (Å²) in [5.41, 5.74) is 1.17. The Labute approximate surface area is 137 Å². The van der Waals surface area contributed by atoms with Gasteiger partial charge in [0.2, 0.25) is 5.88 Å². The minimum absolute atomic E-state index is 0.597. The van der Waals surface area contributed by atoms with E-state index in [9.17, 15) is 0 Å². The van der Waals surface area contributed by atoms with Gasteiger partial charge in [0, 0.05) is 9.35 Å². The SMILES string of the molecule is Cc1sc2ncnc(Oc3ccc(Br)cc3Br)c2c1C. The quantitative estimate of drug-likeness (QED) is 0.546. The van der Waals surface area contributed by atoms with Gasteiger partial charge in [0.05, 0.1) is 9.86 Å². The topological polar surface area (TPSA) is 35.0 Å². The van der Waals surface area contributed by atoms with Crippen molar-refractivity contribution < 1.29 is 4.74 Å². The van der Waals surface area contributed by atoms with E-state index in [1.54, 1.807) is 17.7 Å². The van der Waals surface area contributed by atoms with E-state index < -0.39 is 0 Å². The van der Waals surface area contributed by atoms with Crippen LogP contribution in [0.1, 0.15) is 10.4 Å². The molecule has 0 aliphatic heterocycles. The Morgan fingerprint density at radius 1 is 1.15 bits per heavy atom. The van der Waals surface area contributed by atoms with Gasteiger partial charge in [-0.25, -0.2) is 9.97 Å². The minimum Gasteiger partial charge on any atom is -0.437 e. The standard InChI is InChI=1S/C14H10Br2N2OS/c1-7-8(2)20-14-12(7)13(17-6-18-14)19-11-4-3-9(15)5-10(11)16/h3-6H,1-2H3. The van der Waals surface area contributed by atoms with Gasteiger partial charge in [-0.15, -0.1) is 11.3 Å². The molecule has 2 heterocycles. The zero-order valence-electron chi connectivity index (χ0n) is 10.8. The first-order valence-corrected chi connectivity index (χ1v) is 8.30. The largest absolute Gasteiger partial charge is 0.437 e. The molecule has 0 fully saturated rings. The van der Waals surface area contributed by atoms with Crippen LogP contribution in [0.15, 0.2) is 33.5 Å². The van der Waals surface area contributed by atoms with Crippen molar-refractivity contribution in [1.29, 1.82) is 0 Å². The van der Waals surface area contributed by atoms with E-state index in [4.69, 9.17) is 4.74 Å². The van der Waals surface area contributed by atoms with Gasteiger partial charge in [0.25, 0.3) is 0 Å². The predicted molar refractivity (Wildman–Crippen MR) is 88.8 cm³/mol. The molecule has 2 aromatic heterocycles. The molecule has 0 aliphatic rings. The molecule has 0 N–H and O–H groups in total. The lowest BCUT2D eigenvalue weighted by Crippen LogP contribution is -1.91. The van der Waals surface area contributed by atoms with Crippen LogP contribution in [0.2, 0.25) is 0 Å². The van der Waals surface area contributed by atoms with Gasteiger partial charge in [-0.3, -0.25) is 0 Å². The molecular formula is C14H10Br2N2OS. The zero-order valence-corrected chi connectivity index (χ0v) is 14.8. The van der Waals surface area contributed by atoms with Gasteiger partial charge in [-0.2, -0.15) is 0 Å². The highest BCUT2D eigenvalue weighted by Gasteiger charge is 2.14. The van der Waals surface area contributed by atoms with E-state index in [1.165, 1.54) is 10.4 Å². The lowest BCUT2D eigenvalue weighted by atomic mass is 10.2. The highest BCUT2D eigenvalue weighted by Crippen LogP contribution is 2.38. The first-order chi connectivity index (χ1) is 9.56. The number of aryl methyl sites for hydroxylation is 2. The Morgan fingerprint density at radius 2 is 1.95 bits per heavy atom. The predicted octanol–water partition coefficient (Wildman–Crippen LogP) is 5.63. The van der Waals surface area contributed by atoms with E-state index in [-0.39, 0.29) is 0 Å². The fourth-order valence-electron chi connectivity index (χ4n) is 1.89. The molecule has 0 aliphatic carbocycles. The molecule has 3 aromatic rings. The molecule has 0 amide bonds. The first kappa shape index (κ1) is 14.0. The smallest absolute Gasteiger partial charge is 0.231 e. The molecule has 102 valence electrons. The Hall–Kier alpha value is -0.980. The van der Waals surface area contributed by atoms with Crippen LogP contribution < -0.4 is 4.74 Å². The second kappa shape index (κ2) is 5.42. The maximum atomic E-state index is 5.96. The van der Waals surface area contributed by atoms with Crippen LogP contribution >= 0.6 is 43.2 Å². The Balaban J connectivity index is 2.11. The molecule has 0 spiro atoms. The summed E-state index contributed by atoms with van der Waals surface area (Å²) in [5, 5.41) is 0.991. The van der Waals surface area contributed by atoms with Gasteiger partial charge >= 0.3 is 0 Å². The van der Waals surface area contributed by atoms with Crippen molar-refractivity contribution in [3.63, 3.8) is 0 Å². The number of aromatic nitrogens is 2. The molecule has 0 unspecified atom stereocenters. The second-order valence-corrected chi connectivity index (χ2v) is 7.29. The molecule has 6 heteroatoms. The molecule has 0 bridgehead atoms. The molecule has 3 nitrogen and oxygen atoms in total. The summed E-state index contributed by atoms with van der Waals surface area (Å²) in [6.07, 6.45) is 1.54. The summed E-state index contributed by atoms with van der Waals surface area (Å²) in [6, 6.07) is 5.78. The van der Waals surface area contributed by atoms with E-state index in [2.05, 4.69) is 55.7 Å². The number of thiophene rings is 1.